The Bertz CT molecular complexity index is 633. The van der Waals surface area contributed by atoms with Crippen LogP contribution in [0.2, 0.25) is 0 Å². The second-order valence-electron chi connectivity index (χ2n) is 8.48. The fourth-order valence-electron chi connectivity index (χ4n) is 3.97. The van der Waals surface area contributed by atoms with Gasteiger partial charge in [0.2, 0.25) is 0 Å². The summed E-state index contributed by atoms with van der Waals surface area (Å²) in [4.78, 5) is 0. The molecule has 0 aromatic heterocycles. The number of aryl methyl sites for hydroxylation is 1. The van der Waals surface area contributed by atoms with E-state index in [2.05, 4.69) is 6.92 Å². The van der Waals surface area contributed by atoms with Crippen LogP contribution in [0.15, 0.2) is 18.2 Å². The highest BCUT2D eigenvalue weighted by Gasteiger charge is 2.37. The SMILES string of the molecule is CCCCCCCCC(CCCc1cc(C(F)(F)F)cc(C(F)(F)F)c1)C(C)(OC)OC. The molecule has 32 heavy (non-hydrogen) atoms. The average molecular weight is 471 g/mol. The van der Waals surface area contributed by atoms with Gasteiger partial charge in [-0.2, -0.15) is 26.3 Å². The van der Waals surface area contributed by atoms with Crippen molar-refractivity contribution in [3.8, 4) is 0 Å². The van der Waals surface area contributed by atoms with Crippen LogP contribution in [-0.2, 0) is 28.2 Å². The van der Waals surface area contributed by atoms with Crippen LogP contribution in [0.5, 0.6) is 0 Å². The lowest BCUT2D eigenvalue weighted by atomic mass is 9.87. The van der Waals surface area contributed by atoms with Crippen molar-refractivity contribution >= 4 is 0 Å². The lowest BCUT2D eigenvalue weighted by Gasteiger charge is -2.35. The second-order valence-corrected chi connectivity index (χ2v) is 8.48. The van der Waals surface area contributed by atoms with Crippen LogP contribution < -0.4 is 0 Å². The molecule has 1 atom stereocenters. The number of methoxy groups -OCH3 is 2. The summed E-state index contributed by atoms with van der Waals surface area (Å²) in [5.41, 5.74) is -2.52. The van der Waals surface area contributed by atoms with E-state index in [0.717, 1.165) is 37.8 Å². The van der Waals surface area contributed by atoms with Crippen LogP contribution in [0.25, 0.3) is 0 Å². The number of alkyl halides is 6. The summed E-state index contributed by atoms with van der Waals surface area (Å²) in [6.45, 7) is 3.97. The van der Waals surface area contributed by atoms with Gasteiger partial charge in [0.05, 0.1) is 11.1 Å². The van der Waals surface area contributed by atoms with E-state index >= 15 is 0 Å². The summed E-state index contributed by atoms with van der Waals surface area (Å²) in [5, 5.41) is 0. The third-order valence-corrected chi connectivity index (χ3v) is 6.12. The molecule has 0 radical (unpaired) electrons. The third kappa shape index (κ3) is 9.30. The van der Waals surface area contributed by atoms with E-state index in [9.17, 15) is 26.3 Å². The topological polar surface area (TPSA) is 18.5 Å². The van der Waals surface area contributed by atoms with Crippen LogP contribution in [-0.4, -0.2) is 20.0 Å². The maximum absolute atomic E-state index is 13.1. The molecule has 0 saturated heterocycles. The van der Waals surface area contributed by atoms with E-state index in [1.165, 1.54) is 19.3 Å². The first kappa shape index (κ1) is 28.8. The molecule has 8 heteroatoms. The van der Waals surface area contributed by atoms with Gasteiger partial charge in [0.15, 0.2) is 5.79 Å². The molecule has 0 saturated carbocycles. The summed E-state index contributed by atoms with van der Waals surface area (Å²) < 4.78 is 89.6. The van der Waals surface area contributed by atoms with Crippen molar-refractivity contribution in [3.05, 3.63) is 34.9 Å². The highest BCUT2D eigenvalue weighted by Crippen LogP contribution is 2.37. The predicted molar refractivity (Wildman–Crippen MR) is 113 cm³/mol. The Morgan fingerprint density at radius 1 is 0.719 bits per heavy atom. The van der Waals surface area contributed by atoms with E-state index in [-0.39, 0.29) is 24.0 Å². The van der Waals surface area contributed by atoms with Crippen LogP contribution in [0.4, 0.5) is 26.3 Å². The van der Waals surface area contributed by atoms with E-state index in [4.69, 9.17) is 9.47 Å². The molecule has 2 nitrogen and oxygen atoms in total. The van der Waals surface area contributed by atoms with Gasteiger partial charge in [0.1, 0.15) is 0 Å². The molecule has 0 spiro atoms. The van der Waals surface area contributed by atoms with Crippen molar-refractivity contribution in [1.29, 1.82) is 0 Å². The molecule has 1 aromatic rings. The Labute approximate surface area is 187 Å². The smallest absolute Gasteiger partial charge is 0.353 e. The molecule has 0 heterocycles. The van der Waals surface area contributed by atoms with Crippen LogP contribution >= 0.6 is 0 Å². The molecule has 0 N–H and O–H groups in total. The number of hydrogen-bond acceptors (Lipinski definition) is 2. The lowest BCUT2D eigenvalue weighted by molar-refractivity contribution is -0.230. The summed E-state index contributed by atoms with van der Waals surface area (Å²) in [5.74, 6) is -0.870. The van der Waals surface area contributed by atoms with Gasteiger partial charge in [-0.3, -0.25) is 0 Å². The van der Waals surface area contributed by atoms with E-state index in [0.29, 0.717) is 12.8 Å². The van der Waals surface area contributed by atoms with Gasteiger partial charge in [-0.15, -0.1) is 0 Å². The maximum atomic E-state index is 13.1. The minimum Gasteiger partial charge on any atom is -0.353 e. The molecule has 0 aliphatic rings. The first-order valence-electron chi connectivity index (χ1n) is 11.3. The van der Waals surface area contributed by atoms with Crippen molar-refractivity contribution in [2.75, 3.05) is 14.2 Å². The molecule has 0 bridgehead atoms. The van der Waals surface area contributed by atoms with Crippen molar-refractivity contribution in [2.24, 2.45) is 5.92 Å². The van der Waals surface area contributed by atoms with Crippen molar-refractivity contribution in [2.45, 2.75) is 96.2 Å². The highest BCUT2D eigenvalue weighted by molar-refractivity contribution is 5.33. The Morgan fingerprint density at radius 2 is 1.19 bits per heavy atom. The number of halogens is 6. The summed E-state index contributed by atoms with van der Waals surface area (Å²) >= 11 is 0. The molecule has 0 fully saturated rings. The largest absolute Gasteiger partial charge is 0.416 e. The monoisotopic (exact) mass is 470 g/mol. The maximum Gasteiger partial charge on any atom is 0.416 e. The molecule has 0 aliphatic heterocycles. The van der Waals surface area contributed by atoms with Crippen LogP contribution in [0.1, 0.15) is 88.3 Å². The number of hydrogen-bond donors (Lipinski definition) is 0. The standard InChI is InChI=1S/C24H36F6O2/c1-5-6-7-8-9-10-13-19(22(2,31-3)32-4)14-11-12-18-15-20(23(25,26)27)17-21(16-18)24(28,29)30/h15-17,19H,5-14H2,1-4H3. The van der Waals surface area contributed by atoms with E-state index < -0.39 is 29.3 Å². The van der Waals surface area contributed by atoms with E-state index in [1.54, 1.807) is 14.2 Å². The minimum absolute atomic E-state index is 0.0171. The van der Waals surface area contributed by atoms with Gasteiger partial charge in [0.25, 0.3) is 0 Å². The Hall–Kier alpha value is -1.28. The molecule has 1 unspecified atom stereocenters. The van der Waals surface area contributed by atoms with E-state index in [1.807, 2.05) is 6.92 Å². The average Bonchev–Trinajstić information content (AvgIpc) is 2.72. The Balaban J connectivity index is 2.85. The van der Waals surface area contributed by atoms with Crippen molar-refractivity contribution in [1.82, 2.24) is 0 Å². The predicted octanol–water partition coefficient (Wildman–Crippen LogP) is 8.42. The van der Waals surface area contributed by atoms with Gasteiger partial charge < -0.3 is 9.47 Å². The quantitative estimate of drug-likeness (QED) is 0.154. The normalized spacial score (nSPS) is 14.1. The van der Waals surface area contributed by atoms with Gasteiger partial charge in [-0.25, -0.2) is 0 Å². The molecule has 0 amide bonds. The summed E-state index contributed by atoms with van der Waals surface area (Å²) in [7, 11) is 3.08. The van der Waals surface area contributed by atoms with Gasteiger partial charge in [-0.1, -0.05) is 45.4 Å². The van der Waals surface area contributed by atoms with Crippen LogP contribution in [0.3, 0.4) is 0 Å². The van der Waals surface area contributed by atoms with Crippen molar-refractivity contribution < 1.29 is 35.8 Å². The molecular weight excluding hydrogens is 434 g/mol. The fourth-order valence-corrected chi connectivity index (χ4v) is 3.97. The summed E-state index contributed by atoms with van der Waals surface area (Å²) in [6.07, 6.45) is -0.987. The number of rotatable bonds is 14. The number of ether oxygens (including phenoxy) is 2. The van der Waals surface area contributed by atoms with Gasteiger partial charge >= 0.3 is 12.4 Å². The zero-order valence-electron chi connectivity index (χ0n) is 19.5. The third-order valence-electron chi connectivity index (χ3n) is 6.12. The molecule has 186 valence electrons. The Kier molecular flexibility index (Phi) is 11.5. The zero-order valence-corrected chi connectivity index (χ0v) is 19.5. The first-order chi connectivity index (χ1) is 14.9. The second kappa shape index (κ2) is 12.8. The van der Waals surface area contributed by atoms with Gasteiger partial charge in [0, 0.05) is 20.1 Å². The summed E-state index contributed by atoms with van der Waals surface area (Å²) in [6, 6.07) is 1.78. The Morgan fingerprint density at radius 3 is 1.66 bits per heavy atom. The number of unbranched alkanes of at least 4 members (excludes halogenated alkanes) is 5. The lowest BCUT2D eigenvalue weighted by Crippen LogP contribution is -2.39. The first-order valence-corrected chi connectivity index (χ1v) is 11.3. The molecular formula is C24H36F6O2. The van der Waals surface area contributed by atoms with Crippen molar-refractivity contribution in [3.63, 3.8) is 0 Å². The molecule has 1 aromatic carbocycles. The van der Waals surface area contributed by atoms with Gasteiger partial charge in [-0.05, 0) is 56.4 Å². The van der Waals surface area contributed by atoms with Crippen LogP contribution in [0, 0.1) is 5.92 Å². The molecule has 1 rings (SSSR count). The molecule has 0 aliphatic carbocycles. The zero-order chi connectivity index (χ0) is 24.4. The fraction of sp³-hybridized carbons (Fsp3) is 0.750. The highest BCUT2D eigenvalue weighted by atomic mass is 19.4. The minimum atomic E-state index is -4.83. The number of benzene rings is 1.